The van der Waals surface area contributed by atoms with Gasteiger partial charge in [-0.2, -0.15) is 0 Å². The van der Waals surface area contributed by atoms with Crippen molar-refractivity contribution in [3.63, 3.8) is 0 Å². The number of nitrogens with zero attached hydrogens (tertiary/aromatic N) is 2. The molecule has 5 nitrogen and oxygen atoms in total. The smallest absolute Gasteiger partial charge is 0.255 e. The first-order chi connectivity index (χ1) is 16.6. The van der Waals surface area contributed by atoms with E-state index < -0.39 is 0 Å². The second-order valence-electron chi connectivity index (χ2n) is 8.60. The Hall–Kier alpha value is -4.32. The number of amides is 1. The summed E-state index contributed by atoms with van der Waals surface area (Å²) in [5.41, 5.74) is 4.30. The molecular weight excluding hydrogens is 429 g/mol. The Balaban J connectivity index is 1.52. The molecule has 1 N–H and O–H groups in total. The number of pyridine rings is 2. The zero-order valence-electron chi connectivity index (χ0n) is 18.2. The van der Waals surface area contributed by atoms with Crippen molar-refractivity contribution >= 4 is 27.7 Å². The molecule has 0 aliphatic heterocycles. The zero-order chi connectivity index (χ0) is 23.2. The number of halogens is 1. The van der Waals surface area contributed by atoms with Crippen LogP contribution in [0, 0.1) is 5.82 Å². The van der Waals surface area contributed by atoms with Gasteiger partial charge in [0.15, 0.2) is 0 Å². The molecule has 6 heteroatoms. The highest BCUT2D eigenvalue weighted by molar-refractivity contribution is 6.05. The molecule has 1 aliphatic carbocycles. The third-order valence-corrected chi connectivity index (χ3v) is 6.20. The van der Waals surface area contributed by atoms with Gasteiger partial charge in [0, 0.05) is 40.3 Å². The summed E-state index contributed by atoms with van der Waals surface area (Å²) < 4.78 is 15.1. The molecule has 2 aromatic heterocycles. The molecule has 0 radical (unpaired) electrons. The van der Waals surface area contributed by atoms with Crippen LogP contribution in [0.15, 0.2) is 89.9 Å². The Morgan fingerprint density at radius 3 is 2.38 bits per heavy atom. The Labute approximate surface area is 194 Å². The third kappa shape index (κ3) is 3.63. The van der Waals surface area contributed by atoms with Crippen molar-refractivity contribution in [3.8, 4) is 16.8 Å². The van der Waals surface area contributed by atoms with E-state index in [1.165, 1.54) is 18.2 Å². The number of nitrogens with one attached hydrogen (secondary N) is 1. The first kappa shape index (κ1) is 20.3. The summed E-state index contributed by atoms with van der Waals surface area (Å²) in [5.74, 6) is -0.391. The van der Waals surface area contributed by atoms with Crippen molar-refractivity contribution in [2.75, 3.05) is 0 Å². The van der Waals surface area contributed by atoms with Crippen molar-refractivity contribution in [1.29, 1.82) is 0 Å². The maximum Gasteiger partial charge on any atom is 0.255 e. The molecule has 1 saturated carbocycles. The number of benzene rings is 3. The molecule has 0 spiro atoms. The monoisotopic (exact) mass is 449 g/mol. The minimum absolute atomic E-state index is 0.0992. The molecule has 1 fully saturated rings. The highest BCUT2D eigenvalue weighted by atomic mass is 19.1. The predicted molar refractivity (Wildman–Crippen MR) is 131 cm³/mol. The Kier molecular flexibility index (Phi) is 4.73. The van der Waals surface area contributed by atoms with E-state index >= 15 is 0 Å². The fourth-order valence-electron chi connectivity index (χ4n) is 4.25. The molecule has 0 unspecified atom stereocenters. The van der Waals surface area contributed by atoms with Gasteiger partial charge < -0.3 is 5.32 Å². The van der Waals surface area contributed by atoms with E-state index in [0.29, 0.717) is 11.3 Å². The second-order valence-corrected chi connectivity index (χ2v) is 8.60. The van der Waals surface area contributed by atoms with Gasteiger partial charge >= 0.3 is 0 Å². The molecular formula is C28H20FN3O2. The fourth-order valence-corrected chi connectivity index (χ4v) is 4.25. The Morgan fingerprint density at radius 1 is 0.912 bits per heavy atom. The Morgan fingerprint density at radius 2 is 1.65 bits per heavy atom. The summed E-state index contributed by atoms with van der Waals surface area (Å²) in [7, 11) is 0. The molecule has 166 valence electrons. The molecule has 5 aromatic rings. The van der Waals surface area contributed by atoms with E-state index in [-0.39, 0.29) is 23.3 Å². The van der Waals surface area contributed by atoms with E-state index in [1.54, 1.807) is 53.2 Å². The maximum atomic E-state index is 13.4. The Bertz CT molecular complexity index is 1620. The minimum atomic E-state index is -0.292. The van der Waals surface area contributed by atoms with Gasteiger partial charge in [0.05, 0.1) is 11.0 Å². The second kappa shape index (κ2) is 7.92. The lowest BCUT2D eigenvalue weighted by molar-refractivity contribution is 0.0951. The molecule has 2 heterocycles. The quantitative estimate of drug-likeness (QED) is 0.382. The van der Waals surface area contributed by atoms with Crippen molar-refractivity contribution in [1.82, 2.24) is 14.9 Å². The maximum absolute atomic E-state index is 13.4. The average molecular weight is 449 g/mol. The van der Waals surface area contributed by atoms with Gasteiger partial charge in [-0.25, -0.2) is 4.39 Å². The first-order valence-electron chi connectivity index (χ1n) is 11.2. The molecule has 3 aromatic carbocycles. The summed E-state index contributed by atoms with van der Waals surface area (Å²) in [6, 6.07) is 22.8. The summed E-state index contributed by atoms with van der Waals surface area (Å²) in [6.45, 7) is 0. The van der Waals surface area contributed by atoms with Gasteiger partial charge in [0.25, 0.3) is 11.5 Å². The van der Waals surface area contributed by atoms with Crippen LogP contribution >= 0.6 is 0 Å². The molecule has 1 amide bonds. The van der Waals surface area contributed by atoms with Crippen LogP contribution in [0.25, 0.3) is 38.6 Å². The molecule has 0 saturated heterocycles. The highest BCUT2D eigenvalue weighted by Gasteiger charge is 2.23. The van der Waals surface area contributed by atoms with Crippen LogP contribution in [0.1, 0.15) is 23.2 Å². The molecule has 0 bridgehead atoms. The standard InChI is InChI=1S/C28H20FN3O2/c29-21-7-1-17(2-8-21)19-5-13-25-24(15-19)27-20(16-30-25)6-14-26(33)32(27)23-11-3-18(4-12-23)28(34)31-22-9-10-22/h1-8,11-16,22H,9-10H2,(H,31,34). The molecule has 1 aliphatic rings. The molecule has 6 rings (SSSR count). The van der Waals surface area contributed by atoms with Gasteiger partial charge in [-0.05, 0) is 78.6 Å². The van der Waals surface area contributed by atoms with Crippen molar-refractivity contribution in [2.24, 2.45) is 0 Å². The van der Waals surface area contributed by atoms with Gasteiger partial charge in [0.2, 0.25) is 0 Å². The number of carbonyl (C=O) groups excluding carboxylic acids is 1. The van der Waals surface area contributed by atoms with Crippen LogP contribution in [0.5, 0.6) is 0 Å². The zero-order valence-corrected chi connectivity index (χ0v) is 18.2. The normalized spacial score (nSPS) is 13.3. The van der Waals surface area contributed by atoms with Crippen molar-refractivity contribution < 1.29 is 9.18 Å². The summed E-state index contributed by atoms with van der Waals surface area (Å²) in [4.78, 5) is 30.0. The highest BCUT2D eigenvalue weighted by Crippen LogP contribution is 2.29. The number of aromatic nitrogens is 2. The number of hydrogen-bond donors (Lipinski definition) is 1. The van der Waals surface area contributed by atoms with Crippen LogP contribution in [-0.4, -0.2) is 21.5 Å². The predicted octanol–water partition coefficient (Wildman–Crippen LogP) is 5.24. The van der Waals surface area contributed by atoms with Gasteiger partial charge in [0.1, 0.15) is 5.82 Å². The van der Waals surface area contributed by atoms with Gasteiger partial charge in [-0.3, -0.25) is 19.1 Å². The summed E-state index contributed by atoms with van der Waals surface area (Å²) in [5, 5.41) is 4.61. The van der Waals surface area contributed by atoms with E-state index in [0.717, 1.165) is 45.8 Å². The van der Waals surface area contributed by atoms with E-state index in [1.807, 2.05) is 18.2 Å². The van der Waals surface area contributed by atoms with Crippen LogP contribution < -0.4 is 10.9 Å². The minimum Gasteiger partial charge on any atom is -0.349 e. The lowest BCUT2D eigenvalue weighted by Crippen LogP contribution is -2.25. The van der Waals surface area contributed by atoms with Crippen LogP contribution in [0.2, 0.25) is 0 Å². The topological polar surface area (TPSA) is 64.0 Å². The number of fused-ring (bicyclic) bond motifs is 3. The lowest BCUT2D eigenvalue weighted by atomic mass is 10.0. The van der Waals surface area contributed by atoms with Crippen LogP contribution in [0.3, 0.4) is 0 Å². The summed E-state index contributed by atoms with van der Waals surface area (Å²) in [6.07, 6.45) is 3.80. The van der Waals surface area contributed by atoms with Gasteiger partial charge in [-0.15, -0.1) is 0 Å². The lowest BCUT2D eigenvalue weighted by Gasteiger charge is -2.14. The van der Waals surface area contributed by atoms with Crippen molar-refractivity contribution in [2.45, 2.75) is 18.9 Å². The number of hydrogen-bond acceptors (Lipinski definition) is 3. The molecule has 34 heavy (non-hydrogen) atoms. The number of carbonyl (C=O) groups is 1. The first-order valence-corrected chi connectivity index (χ1v) is 11.2. The van der Waals surface area contributed by atoms with E-state index in [2.05, 4.69) is 10.3 Å². The SMILES string of the molecule is O=C(NC1CC1)c1ccc(-n2c(=O)ccc3cnc4ccc(-c5ccc(F)cc5)cc4c32)cc1. The van der Waals surface area contributed by atoms with Gasteiger partial charge in [-0.1, -0.05) is 18.2 Å². The van der Waals surface area contributed by atoms with E-state index in [9.17, 15) is 14.0 Å². The van der Waals surface area contributed by atoms with E-state index in [4.69, 9.17) is 0 Å². The molecule has 0 atom stereocenters. The summed E-state index contributed by atoms with van der Waals surface area (Å²) >= 11 is 0. The number of rotatable bonds is 4. The van der Waals surface area contributed by atoms with Crippen LogP contribution in [-0.2, 0) is 0 Å². The van der Waals surface area contributed by atoms with Crippen LogP contribution in [0.4, 0.5) is 4.39 Å². The van der Waals surface area contributed by atoms with Crippen molar-refractivity contribution in [3.05, 3.63) is 107 Å². The fraction of sp³-hybridized carbons (Fsp3) is 0.107. The third-order valence-electron chi connectivity index (χ3n) is 6.20. The average Bonchev–Trinajstić information content (AvgIpc) is 3.68. The largest absolute Gasteiger partial charge is 0.349 e.